The largest absolute Gasteiger partial charge is 0.462 e. The van der Waals surface area contributed by atoms with Crippen LogP contribution in [0.4, 0.5) is 9.80 Å². The Labute approximate surface area is 146 Å². The molecule has 2 aliphatic rings. The van der Waals surface area contributed by atoms with E-state index >= 15 is 0 Å². The summed E-state index contributed by atoms with van der Waals surface area (Å²) in [4.78, 5) is 30.2. The lowest BCUT2D eigenvalue weighted by atomic mass is 9.95. The molecule has 0 spiro atoms. The van der Waals surface area contributed by atoms with Crippen molar-refractivity contribution in [2.24, 2.45) is 0 Å². The molecule has 0 bridgehead atoms. The molecule has 2 amide bonds. The number of hydrogen-bond acceptors (Lipinski definition) is 5. The first kappa shape index (κ1) is 17.2. The number of thiophene rings is 1. The van der Waals surface area contributed by atoms with Crippen molar-refractivity contribution in [1.82, 2.24) is 9.80 Å². The number of ether oxygens (including phenoxy) is 1. The Balaban J connectivity index is 1.80. The summed E-state index contributed by atoms with van der Waals surface area (Å²) in [7, 11) is 2.06. The van der Waals surface area contributed by atoms with Gasteiger partial charge in [0.1, 0.15) is 5.00 Å². The van der Waals surface area contributed by atoms with Crippen molar-refractivity contribution in [3.05, 3.63) is 16.0 Å². The molecular weight excluding hydrogens is 326 g/mol. The fourth-order valence-corrected chi connectivity index (χ4v) is 4.53. The number of likely N-dealkylation sites (N-methyl/N-ethyl adjacent to an activating group) is 1. The Kier molecular flexibility index (Phi) is 5.40. The van der Waals surface area contributed by atoms with Gasteiger partial charge in [-0.1, -0.05) is 0 Å². The van der Waals surface area contributed by atoms with Gasteiger partial charge in [-0.2, -0.15) is 0 Å². The van der Waals surface area contributed by atoms with E-state index in [9.17, 15) is 9.59 Å². The zero-order chi connectivity index (χ0) is 17.1. The second kappa shape index (κ2) is 7.53. The monoisotopic (exact) mass is 351 g/mol. The number of amides is 2. The van der Waals surface area contributed by atoms with Crippen LogP contribution in [-0.4, -0.2) is 61.6 Å². The van der Waals surface area contributed by atoms with Crippen molar-refractivity contribution in [2.45, 2.75) is 32.6 Å². The first-order valence-corrected chi connectivity index (χ1v) is 9.48. The van der Waals surface area contributed by atoms with Crippen LogP contribution in [0.3, 0.4) is 0 Å². The Bertz CT molecular complexity index is 621. The molecule has 24 heavy (non-hydrogen) atoms. The molecule has 6 nitrogen and oxygen atoms in total. The van der Waals surface area contributed by atoms with Crippen LogP contribution in [0.2, 0.25) is 0 Å². The van der Waals surface area contributed by atoms with E-state index in [1.807, 2.05) is 4.90 Å². The first-order chi connectivity index (χ1) is 11.6. The van der Waals surface area contributed by atoms with Gasteiger partial charge in [-0.25, -0.2) is 9.59 Å². The third-order valence-electron chi connectivity index (χ3n) is 4.66. The Hall–Kier alpha value is -1.60. The number of nitrogens with one attached hydrogen (secondary N) is 1. The number of carbonyl (C=O) groups excluding carboxylic acids is 2. The first-order valence-electron chi connectivity index (χ1n) is 8.66. The maximum absolute atomic E-state index is 12.6. The summed E-state index contributed by atoms with van der Waals surface area (Å²) in [6.45, 7) is 5.32. The summed E-state index contributed by atoms with van der Waals surface area (Å²) in [5, 5.41) is 3.63. The molecule has 1 aromatic heterocycles. The van der Waals surface area contributed by atoms with Crippen LogP contribution in [0.15, 0.2) is 0 Å². The van der Waals surface area contributed by atoms with Crippen molar-refractivity contribution in [3.8, 4) is 0 Å². The average Bonchev–Trinajstić information content (AvgIpc) is 2.93. The highest BCUT2D eigenvalue weighted by Crippen LogP contribution is 2.38. The molecule has 1 fully saturated rings. The Morgan fingerprint density at radius 3 is 2.58 bits per heavy atom. The normalized spacial score (nSPS) is 18.2. The minimum atomic E-state index is -0.314. The Morgan fingerprint density at radius 1 is 1.17 bits per heavy atom. The molecule has 0 radical (unpaired) electrons. The zero-order valence-corrected chi connectivity index (χ0v) is 15.2. The van der Waals surface area contributed by atoms with E-state index in [1.165, 1.54) is 16.2 Å². The van der Waals surface area contributed by atoms with Gasteiger partial charge in [0.25, 0.3) is 0 Å². The van der Waals surface area contributed by atoms with Crippen LogP contribution in [0.1, 0.15) is 40.6 Å². The van der Waals surface area contributed by atoms with Gasteiger partial charge in [0.2, 0.25) is 0 Å². The molecule has 0 atom stereocenters. The van der Waals surface area contributed by atoms with E-state index in [4.69, 9.17) is 4.74 Å². The highest BCUT2D eigenvalue weighted by molar-refractivity contribution is 7.17. The molecule has 2 heterocycles. The van der Waals surface area contributed by atoms with Crippen molar-refractivity contribution < 1.29 is 14.3 Å². The van der Waals surface area contributed by atoms with Gasteiger partial charge >= 0.3 is 12.0 Å². The number of esters is 1. The van der Waals surface area contributed by atoms with Gasteiger partial charge in [-0.05, 0) is 45.2 Å². The van der Waals surface area contributed by atoms with Crippen molar-refractivity contribution in [2.75, 3.05) is 45.2 Å². The molecule has 0 aromatic carbocycles. The second-order valence-electron chi connectivity index (χ2n) is 6.36. The number of carbonyl (C=O) groups is 2. The molecule has 3 rings (SSSR count). The molecule has 7 heteroatoms. The molecule has 0 saturated carbocycles. The maximum atomic E-state index is 12.6. The van der Waals surface area contributed by atoms with Gasteiger partial charge < -0.3 is 14.5 Å². The molecule has 1 N–H and O–H groups in total. The van der Waals surface area contributed by atoms with Crippen molar-refractivity contribution in [1.29, 1.82) is 0 Å². The minimum absolute atomic E-state index is 0.118. The number of hydrogen-bond donors (Lipinski definition) is 1. The summed E-state index contributed by atoms with van der Waals surface area (Å²) in [5.74, 6) is -0.314. The molecule has 132 valence electrons. The lowest BCUT2D eigenvalue weighted by Gasteiger charge is -2.32. The van der Waals surface area contributed by atoms with Crippen molar-refractivity contribution >= 4 is 28.3 Å². The van der Waals surface area contributed by atoms with Gasteiger partial charge in [-0.15, -0.1) is 11.3 Å². The molecule has 1 saturated heterocycles. The molecule has 0 unspecified atom stereocenters. The predicted octanol–water partition coefficient (Wildman–Crippen LogP) is 2.58. The number of nitrogens with zero attached hydrogens (tertiary/aromatic N) is 2. The van der Waals surface area contributed by atoms with Crippen LogP contribution in [0, 0.1) is 0 Å². The van der Waals surface area contributed by atoms with E-state index in [1.54, 1.807) is 6.92 Å². The molecular formula is C17H25N3O3S. The number of piperazine rings is 1. The van der Waals surface area contributed by atoms with Crippen LogP contribution >= 0.6 is 11.3 Å². The van der Waals surface area contributed by atoms with E-state index < -0.39 is 0 Å². The smallest absolute Gasteiger partial charge is 0.341 e. The second-order valence-corrected chi connectivity index (χ2v) is 7.46. The van der Waals surface area contributed by atoms with E-state index in [-0.39, 0.29) is 12.0 Å². The number of fused-ring (bicyclic) bond motifs is 1. The third kappa shape index (κ3) is 3.57. The highest BCUT2D eigenvalue weighted by Gasteiger charge is 2.28. The molecule has 1 aliphatic carbocycles. The standard InChI is InChI=1S/C17H25N3O3S/c1-3-23-16(21)14-12-6-4-5-7-13(12)24-15(14)18-17(22)20-10-8-19(2)9-11-20/h3-11H2,1-2H3,(H,18,22). The van der Waals surface area contributed by atoms with Gasteiger partial charge in [0, 0.05) is 31.1 Å². The topological polar surface area (TPSA) is 61.9 Å². The highest BCUT2D eigenvalue weighted by atomic mass is 32.1. The minimum Gasteiger partial charge on any atom is -0.462 e. The summed E-state index contributed by atoms with van der Waals surface area (Å²) >= 11 is 1.54. The van der Waals surface area contributed by atoms with Crippen LogP contribution < -0.4 is 5.32 Å². The predicted molar refractivity (Wildman–Crippen MR) is 95.0 cm³/mol. The van der Waals surface area contributed by atoms with Crippen LogP contribution in [-0.2, 0) is 17.6 Å². The zero-order valence-electron chi connectivity index (χ0n) is 14.4. The van der Waals surface area contributed by atoms with Crippen molar-refractivity contribution in [3.63, 3.8) is 0 Å². The average molecular weight is 351 g/mol. The molecule has 1 aromatic rings. The number of aryl methyl sites for hydroxylation is 1. The summed E-state index contributed by atoms with van der Waals surface area (Å²) in [6, 6.07) is -0.118. The van der Waals surface area contributed by atoms with Gasteiger partial charge in [0.05, 0.1) is 12.2 Å². The molecule has 1 aliphatic heterocycles. The Morgan fingerprint density at radius 2 is 1.88 bits per heavy atom. The van der Waals surface area contributed by atoms with E-state index in [0.717, 1.165) is 44.3 Å². The number of anilines is 1. The van der Waals surface area contributed by atoms with Gasteiger partial charge in [0.15, 0.2) is 0 Å². The van der Waals surface area contributed by atoms with E-state index in [2.05, 4.69) is 17.3 Å². The summed E-state index contributed by atoms with van der Waals surface area (Å²) < 4.78 is 5.23. The number of rotatable bonds is 3. The fourth-order valence-electron chi connectivity index (χ4n) is 3.26. The van der Waals surface area contributed by atoms with Crippen LogP contribution in [0.5, 0.6) is 0 Å². The lowest BCUT2D eigenvalue weighted by molar-refractivity contribution is 0.0526. The van der Waals surface area contributed by atoms with Gasteiger partial charge in [-0.3, -0.25) is 5.32 Å². The van der Waals surface area contributed by atoms with E-state index in [0.29, 0.717) is 30.3 Å². The fraction of sp³-hybridized carbons (Fsp3) is 0.647. The lowest BCUT2D eigenvalue weighted by Crippen LogP contribution is -2.48. The maximum Gasteiger partial charge on any atom is 0.341 e. The quantitative estimate of drug-likeness (QED) is 0.850. The number of urea groups is 1. The SMILES string of the molecule is CCOC(=O)c1c(NC(=O)N2CCN(C)CC2)sc2c1CCCC2. The summed E-state index contributed by atoms with van der Waals surface area (Å²) in [5.41, 5.74) is 1.66. The third-order valence-corrected chi connectivity index (χ3v) is 5.87. The van der Waals surface area contributed by atoms with Crippen LogP contribution in [0.25, 0.3) is 0 Å². The summed E-state index contributed by atoms with van der Waals surface area (Å²) in [6.07, 6.45) is 4.10.